The van der Waals surface area contributed by atoms with E-state index < -0.39 is 5.91 Å². The lowest BCUT2D eigenvalue weighted by Crippen LogP contribution is -2.17. The number of H-pyrrole nitrogens is 1. The standard InChI is InChI=1S/C17H13BrN4O2/c18-13(9-12-5-2-1-3-6-12)11-19-22-17(23)15-10-14(20-21-15)16-7-4-8-24-16/h1-11H,(H,20,21)(H,22,23)/b13-9-,19-11-. The van der Waals surface area contributed by atoms with E-state index in [4.69, 9.17) is 4.42 Å². The van der Waals surface area contributed by atoms with Crippen LogP contribution in [-0.4, -0.2) is 22.3 Å². The van der Waals surface area contributed by atoms with Crippen LogP contribution in [0.3, 0.4) is 0 Å². The summed E-state index contributed by atoms with van der Waals surface area (Å²) in [6.45, 7) is 0. The van der Waals surface area contributed by atoms with Crippen LogP contribution in [0, 0.1) is 0 Å². The van der Waals surface area contributed by atoms with Crippen LogP contribution in [0.25, 0.3) is 17.5 Å². The highest BCUT2D eigenvalue weighted by Gasteiger charge is 2.11. The molecule has 120 valence electrons. The van der Waals surface area contributed by atoms with Gasteiger partial charge in [-0.3, -0.25) is 9.89 Å². The SMILES string of the molecule is O=C(N/N=C\C(Br)=C\c1ccccc1)c1cc(-c2ccco2)[nH]n1. The van der Waals surface area contributed by atoms with E-state index in [1.807, 2.05) is 36.4 Å². The normalized spacial score (nSPS) is 11.8. The van der Waals surface area contributed by atoms with Crippen LogP contribution in [-0.2, 0) is 0 Å². The maximum absolute atomic E-state index is 12.0. The lowest BCUT2D eigenvalue weighted by molar-refractivity contribution is 0.0950. The molecule has 7 heteroatoms. The highest BCUT2D eigenvalue weighted by Crippen LogP contribution is 2.17. The maximum Gasteiger partial charge on any atom is 0.291 e. The summed E-state index contributed by atoms with van der Waals surface area (Å²) in [6, 6.07) is 14.9. The molecular formula is C17H13BrN4O2. The molecule has 3 rings (SSSR count). The third kappa shape index (κ3) is 4.08. The number of benzene rings is 1. The lowest BCUT2D eigenvalue weighted by atomic mass is 10.2. The third-order valence-corrected chi connectivity index (χ3v) is 3.49. The Morgan fingerprint density at radius 1 is 1.25 bits per heavy atom. The van der Waals surface area contributed by atoms with Crippen LogP contribution in [0.2, 0.25) is 0 Å². The van der Waals surface area contributed by atoms with E-state index in [0.717, 1.165) is 10.0 Å². The van der Waals surface area contributed by atoms with Crippen LogP contribution >= 0.6 is 15.9 Å². The van der Waals surface area contributed by atoms with Crippen LogP contribution in [0.15, 0.2) is 68.8 Å². The Kier molecular flexibility index (Phi) is 5.02. The zero-order valence-corrected chi connectivity index (χ0v) is 14.0. The highest BCUT2D eigenvalue weighted by atomic mass is 79.9. The first-order valence-electron chi connectivity index (χ1n) is 7.07. The van der Waals surface area contributed by atoms with E-state index in [-0.39, 0.29) is 5.69 Å². The van der Waals surface area contributed by atoms with Gasteiger partial charge in [0.1, 0.15) is 5.69 Å². The van der Waals surface area contributed by atoms with Crippen molar-refractivity contribution in [3.8, 4) is 11.5 Å². The van der Waals surface area contributed by atoms with Gasteiger partial charge in [-0.2, -0.15) is 10.2 Å². The molecule has 0 saturated heterocycles. The number of aromatic nitrogens is 2. The second-order valence-corrected chi connectivity index (χ2v) is 5.70. The summed E-state index contributed by atoms with van der Waals surface area (Å²) < 4.78 is 5.96. The van der Waals surface area contributed by atoms with Crippen LogP contribution < -0.4 is 5.43 Å². The number of amides is 1. The van der Waals surface area contributed by atoms with Crippen LogP contribution in [0.5, 0.6) is 0 Å². The van der Waals surface area contributed by atoms with Gasteiger partial charge in [-0.25, -0.2) is 5.43 Å². The molecule has 0 unspecified atom stereocenters. The smallest absolute Gasteiger partial charge is 0.291 e. The Morgan fingerprint density at radius 2 is 2.08 bits per heavy atom. The molecule has 0 atom stereocenters. The number of rotatable bonds is 5. The summed E-state index contributed by atoms with van der Waals surface area (Å²) in [7, 11) is 0. The number of aromatic amines is 1. The van der Waals surface area contributed by atoms with Gasteiger partial charge in [-0.15, -0.1) is 0 Å². The van der Waals surface area contributed by atoms with E-state index in [2.05, 4.69) is 36.7 Å². The number of carbonyl (C=O) groups is 1. The molecule has 0 saturated carbocycles. The molecule has 0 fully saturated rings. The van der Waals surface area contributed by atoms with Gasteiger partial charge in [0, 0.05) is 10.5 Å². The highest BCUT2D eigenvalue weighted by molar-refractivity contribution is 9.12. The van der Waals surface area contributed by atoms with Crippen LogP contribution in [0.1, 0.15) is 16.1 Å². The molecule has 24 heavy (non-hydrogen) atoms. The monoisotopic (exact) mass is 384 g/mol. The zero-order valence-electron chi connectivity index (χ0n) is 12.4. The van der Waals surface area contributed by atoms with Crippen molar-refractivity contribution in [3.05, 3.63) is 70.5 Å². The molecule has 0 aliphatic rings. The summed E-state index contributed by atoms with van der Waals surface area (Å²) in [5, 5.41) is 10.6. The van der Waals surface area contributed by atoms with Gasteiger partial charge in [0.25, 0.3) is 5.91 Å². The predicted octanol–water partition coefficient (Wildman–Crippen LogP) is 3.82. The van der Waals surface area contributed by atoms with Crippen molar-refractivity contribution in [3.63, 3.8) is 0 Å². The summed E-state index contributed by atoms with van der Waals surface area (Å²) in [5.74, 6) is 0.193. The second kappa shape index (κ2) is 7.56. The fourth-order valence-corrected chi connectivity index (χ4v) is 2.32. The summed E-state index contributed by atoms with van der Waals surface area (Å²) >= 11 is 3.38. The molecule has 0 spiro atoms. The second-order valence-electron chi connectivity index (χ2n) is 4.78. The van der Waals surface area contributed by atoms with E-state index in [9.17, 15) is 4.79 Å². The van der Waals surface area contributed by atoms with Gasteiger partial charge >= 0.3 is 0 Å². The summed E-state index contributed by atoms with van der Waals surface area (Å²) in [6.07, 6.45) is 4.95. The minimum Gasteiger partial charge on any atom is -0.463 e. The number of carbonyl (C=O) groups excluding carboxylic acids is 1. The van der Waals surface area contributed by atoms with E-state index in [1.54, 1.807) is 24.5 Å². The average Bonchev–Trinajstić information content (AvgIpc) is 3.27. The molecule has 0 aliphatic heterocycles. The van der Waals surface area contributed by atoms with Gasteiger partial charge in [-0.05, 0) is 39.7 Å². The van der Waals surface area contributed by atoms with Gasteiger partial charge in [-0.1, -0.05) is 30.3 Å². The quantitative estimate of drug-likeness (QED) is 0.517. The van der Waals surface area contributed by atoms with Gasteiger partial charge in [0.15, 0.2) is 11.5 Å². The van der Waals surface area contributed by atoms with E-state index >= 15 is 0 Å². The van der Waals surface area contributed by atoms with Gasteiger partial charge in [0.05, 0.1) is 12.5 Å². The number of nitrogens with zero attached hydrogens (tertiary/aromatic N) is 2. The number of halogens is 1. The Bertz CT molecular complexity index is 867. The van der Waals surface area contributed by atoms with Crippen molar-refractivity contribution in [2.75, 3.05) is 0 Å². The Balaban J connectivity index is 1.60. The van der Waals surface area contributed by atoms with E-state index in [0.29, 0.717) is 11.5 Å². The topological polar surface area (TPSA) is 83.3 Å². The molecule has 2 aromatic heterocycles. The fraction of sp³-hybridized carbons (Fsp3) is 0. The third-order valence-electron chi connectivity index (χ3n) is 3.06. The Hall–Kier alpha value is -2.93. The number of hydrogen-bond acceptors (Lipinski definition) is 4. The first-order valence-corrected chi connectivity index (χ1v) is 7.86. The van der Waals surface area contributed by atoms with Crippen molar-refractivity contribution >= 4 is 34.1 Å². The van der Waals surface area contributed by atoms with Crippen molar-refractivity contribution in [2.45, 2.75) is 0 Å². The lowest BCUT2D eigenvalue weighted by Gasteiger charge is -1.95. The first kappa shape index (κ1) is 15.9. The molecule has 3 aromatic rings. The fourth-order valence-electron chi connectivity index (χ4n) is 1.95. The maximum atomic E-state index is 12.0. The van der Waals surface area contributed by atoms with Crippen molar-refractivity contribution in [1.82, 2.24) is 15.6 Å². The van der Waals surface area contributed by atoms with E-state index in [1.165, 1.54) is 6.21 Å². The Morgan fingerprint density at radius 3 is 2.83 bits per heavy atom. The molecule has 2 heterocycles. The van der Waals surface area contributed by atoms with Crippen molar-refractivity contribution in [2.24, 2.45) is 5.10 Å². The number of hydrogen-bond donors (Lipinski definition) is 2. The molecule has 6 nitrogen and oxygen atoms in total. The predicted molar refractivity (Wildman–Crippen MR) is 95.6 cm³/mol. The molecule has 0 radical (unpaired) electrons. The van der Waals surface area contributed by atoms with Crippen LogP contribution in [0.4, 0.5) is 0 Å². The van der Waals surface area contributed by atoms with Gasteiger partial charge in [0.2, 0.25) is 0 Å². The number of allylic oxidation sites excluding steroid dienone is 1. The minimum absolute atomic E-state index is 0.224. The summed E-state index contributed by atoms with van der Waals surface area (Å²) in [5.41, 5.74) is 4.29. The molecule has 1 aromatic carbocycles. The molecule has 0 bridgehead atoms. The minimum atomic E-state index is -0.416. The molecular weight excluding hydrogens is 372 g/mol. The number of hydrazone groups is 1. The largest absolute Gasteiger partial charge is 0.463 e. The average molecular weight is 385 g/mol. The molecule has 1 amide bonds. The van der Waals surface area contributed by atoms with Gasteiger partial charge < -0.3 is 4.42 Å². The summed E-state index contributed by atoms with van der Waals surface area (Å²) in [4.78, 5) is 12.0. The molecule has 0 aliphatic carbocycles. The van der Waals surface area contributed by atoms with Crippen molar-refractivity contribution in [1.29, 1.82) is 0 Å². The Labute approximate surface area is 146 Å². The molecule has 2 N–H and O–H groups in total. The first-order chi connectivity index (χ1) is 11.7. The number of furan rings is 1. The number of nitrogens with one attached hydrogen (secondary N) is 2. The van der Waals surface area contributed by atoms with Crippen molar-refractivity contribution < 1.29 is 9.21 Å². The zero-order chi connectivity index (χ0) is 16.8.